The van der Waals surface area contributed by atoms with E-state index in [9.17, 15) is 22.8 Å². The van der Waals surface area contributed by atoms with Crippen LogP contribution in [0.2, 0.25) is 0 Å². The predicted octanol–water partition coefficient (Wildman–Crippen LogP) is 3.65. The van der Waals surface area contributed by atoms with Crippen molar-refractivity contribution in [2.24, 2.45) is 0 Å². The SMILES string of the molecule is Cc1cc(=O)c(C(=O)NCC(c2cccs2)N(C)C)nn1-c1cccc(C(F)(F)F)c1. The molecule has 1 aromatic carbocycles. The van der Waals surface area contributed by atoms with Crippen molar-refractivity contribution in [3.8, 4) is 5.69 Å². The summed E-state index contributed by atoms with van der Waals surface area (Å²) in [6.07, 6.45) is -4.52. The molecule has 1 N–H and O–H groups in total. The van der Waals surface area contributed by atoms with Crippen molar-refractivity contribution in [2.45, 2.75) is 19.1 Å². The van der Waals surface area contributed by atoms with Crippen LogP contribution in [0, 0.1) is 6.92 Å². The van der Waals surface area contributed by atoms with Crippen molar-refractivity contribution in [1.82, 2.24) is 20.0 Å². The first-order valence-electron chi connectivity index (χ1n) is 9.34. The number of nitrogens with zero attached hydrogens (tertiary/aromatic N) is 3. The summed E-state index contributed by atoms with van der Waals surface area (Å²) in [5.41, 5.74) is -1.42. The van der Waals surface area contributed by atoms with Crippen LogP contribution < -0.4 is 10.7 Å². The van der Waals surface area contributed by atoms with E-state index in [4.69, 9.17) is 0 Å². The van der Waals surface area contributed by atoms with Gasteiger partial charge in [-0.05, 0) is 50.7 Å². The number of carbonyl (C=O) groups is 1. The molecule has 0 bridgehead atoms. The Labute approximate surface area is 180 Å². The lowest BCUT2D eigenvalue weighted by Gasteiger charge is -2.23. The fraction of sp³-hybridized carbons (Fsp3) is 0.286. The highest BCUT2D eigenvalue weighted by Gasteiger charge is 2.30. The van der Waals surface area contributed by atoms with Gasteiger partial charge < -0.3 is 10.2 Å². The van der Waals surface area contributed by atoms with Crippen LogP contribution in [0.25, 0.3) is 5.69 Å². The number of benzene rings is 1. The maximum atomic E-state index is 13.1. The van der Waals surface area contributed by atoms with Gasteiger partial charge in [0.05, 0.1) is 17.3 Å². The number of nitrogens with one attached hydrogen (secondary N) is 1. The molecule has 2 heterocycles. The first-order chi connectivity index (χ1) is 14.6. The molecule has 0 fully saturated rings. The third-order valence-electron chi connectivity index (χ3n) is 4.69. The molecule has 10 heteroatoms. The second kappa shape index (κ2) is 9.03. The molecule has 0 spiro atoms. The second-order valence-electron chi connectivity index (χ2n) is 7.16. The van der Waals surface area contributed by atoms with Crippen LogP contribution in [-0.4, -0.2) is 41.2 Å². The fourth-order valence-electron chi connectivity index (χ4n) is 3.07. The van der Waals surface area contributed by atoms with Crippen molar-refractivity contribution in [1.29, 1.82) is 0 Å². The average Bonchev–Trinajstić information content (AvgIpc) is 3.21. The normalized spacial score (nSPS) is 12.7. The molecule has 1 amide bonds. The highest BCUT2D eigenvalue weighted by atomic mass is 32.1. The molecular formula is C21H21F3N4O2S. The summed E-state index contributed by atoms with van der Waals surface area (Å²) in [5.74, 6) is -0.686. The number of amides is 1. The van der Waals surface area contributed by atoms with Crippen LogP contribution in [0.5, 0.6) is 0 Å². The van der Waals surface area contributed by atoms with Gasteiger partial charge in [-0.2, -0.15) is 18.3 Å². The molecule has 0 saturated carbocycles. The molecule has 6 nitrogen and oxygen atoms in total. The minimum absolute atomic E-state index is 0.0971. The zero-order chi connectivity index (χ0) is 22.8. The Kier molecular flexibility index (Phi) is 6.61. The molecule has 0 aliphatic rings. The number of likely N-dealkylation sites (N-methyl/N-ethyl adjacent to an activating group) is 1. The van der Waals surface area contributed by atoms with Gasteiger partial charge in [0.15, 0.2) is 5.69 Å². The monoisotopic (exact) mass is 450 g/mol. The Morgan fingerprint density at radius 2 is 1.97 bits per heavy atom. The number of hydrogen-bond donors (Lipinski definition) is 1. The minimum atomic E-state index is -4.52. The van der Waals surface area contributed by atoms with Gasteiger partial charge in [0.25, 0.3) is 5.91 Å². The largest absolute Gasteiger partial charge is 0.416 e. The van der Waals surface area contributed by atoms with Gasteiger partial charge in [-0.3, -0.25) is 9.59 Å². The van der Waals surface area contributed by atoms with Crippen molar-refractivity contribution in [3.63, 3.8) is 0 Å². The lowest BCUT2D eigenvalue weighted by molar-refractivity contribution is -0.137. The summed E-state index contributed by atoms with van der Waals surface area (Å²) in [6, 6.07) is 9.50. The number of carbonyl (C=O) groups excluding carboxylic acids is 1. The topological polar surface area (TPSA) is 67.2 Å². The number of thiophene rings is 1. The predicted molar refractivity (Wildman–Crippen MR) is 113 cm³/mol. The smallest absolute Gasteiger partial charge is 0.349 e. The minimum Gasteiger partial charge on any atom is -0.349 e. The Hall–Kier alpha value is -2.98. The van der Waals surface area contributed by atoms with E-state index in [-0.39, 0.29) is 24.0 Å². The van der Waals surface area contributed by atoms with Crippen molar-refractivity contribution >= 4 is 17.2 Å². The van der Waals surface area contributed by atoms with Gasteiger partial charge >= 0.3 is 6.18 Å². The highest BCUT2D eigenvalue weighted by molar-refractivity contribution is 7.10. The van der Waals surface area contributed by atoms with Crippen molar-refractivity contribution < 1.29 is 18.0 Å². The first-order valence-corrected chi connectivity index (χ1v) is 10.2. The van der Waals surface area contributed by atoms with E-state index in [0.717, 1.165) is 21.7 Å². The van der Waals surface area contributed by atoms with E-state index in [1.54, 1.807) is 11.3 Å². The summed E-state index contributed by atoms with van der Waals surface area (Å²) >= 11 is 1.55. The summed E-state index contributed by atoms with van der Waals surface area (Å²) in [6.45, 7) is 1.78. The van der Waals surface area contributed by atoms with Crippen LogP contribution >= 0.6 is 11.3 Å². The number of halogens is 3. The fourth-order valence-corrected chi connectivity index (χ4v) is 3.99. The third kappa shape index (κ3) is 5.20. The number of rotatable bonds is 6. The first kappa shape index (κ1) is 22.7. The van der Waals surface area contributed by atoms with E-state index in [2.05, 4.69) is 10.4 Å². The molecule has 0 saturated heterocycles. The lowest BCUT2D eigenvalue weighted by Crippen LogP contribution is -2.37. The van der Waals surface area contributed by atoms with Crippen molar-refractivity contribution in [3.05, 3.63) is 79.9 Å². The molecule has 0 aliphatic carbocycles. The Morgan fingerprint density at radius 3 is 2.58 bits per heavy atom. The Bertz CT molecular complexity index is 1120. The van der Waals surface area contributed by atoms with Crippen LogP contribution in [0.4, 0.5) is 13.2 Å². The van der Waals surface area contributed by atoms with Gasteiger partial charge in [-0.1, -0.05) is 12.1 Å². The summed E-state index contributed by atoms with van der Waals surface area (Å²) in [7, 11) is 3.75. The molecular weight excluding hydrogens is 429 g/mol. The van der Waals surface area contributed by atoms with E-state index in [0.29, 0.717) is 5.69 Å². The Morgan fingerprint density at radius 1 is 1.23 bits per heavy atom. The molecule has 1 unspecified atom stereocenters. The van der Waals surface area contributed by atoms with Crippen molar-refractivity contribution in [2.75, 3.05) is 20.6 Å². The number of aromatic nitrogens is 2. The average molecular weight is 450 g/mol. The number of alkyl halides is 3. The molecule has 2 aromatic heterocycles. The highest BCUT2D eigenvalue weighted by Crippen LogP contribution is 2.30. The Balaban J connectivity index is 1.89. The molecule has 3 aromatic rings. The van der Waals surface area contributed by atoms with Gasteiger partial charge in [-0.15, -0.1) is 11.3 Å². The van der Waals surface area contributed by atoms with Crippen LogP contribution in [-0.2, 0) is 6.18 Å². The van der Waals surface area contributed by atoms with Gasteiger partial charge in [0.2, 0.25) is 5.43 Å². The summed E-state index contributed by atoms with van der Waals surface area (Å²) < 4.78 is 40.4. The number of hydrogen-bond acceptors (Lipinski definition) is 5. The van der Waals surface area contributed by atoms with E-state index in [1.807, 2.05) is 36.5 Å². The maximum Gasteiger partial charge on any atom is 0.416 e. The standard InChI is InChI=1S/C21H21F3N4O2S/c1-13-10-17(29)19(20(30)25-12-16(27(2)3)18-8-5-9-31-18)26-28(13)15-7-4-6-14(11-15)21(22,23)24/h4-11,16H,12H2,1-3H3,(H,25,30). The molecule has 0 aliphatic heterocycles. The molecule has 31 heavy (non-hydrogen) atoms. The number of aryl methyl sites for hydroxylation is 1. The van der Waals surface area contributed by atoms with Crippen LogP contribution in [0.1, 0.15) is 32.7 Å². The zero-order valence-corrected chi connectivity index (χ0v) is 17.9. The summed E-state index contributed by atoms with van der Waals surface area (Å²) in [5, 5.41) is 8.71. The lowest BCUT2D eigenvalue weighted by atomic mass is 10.2. The van der Waals surface area contributed by atoms with Crippen LogP contribution in [0.15, 0.2) is 52.6 Å². The molecule has 0 radical (unpaired) electrons. The molecule has 164 valence electrons. The van der Waals surface area contributed by atoms with Crippen LogP contribution in [0.3, 0.4) is 0 Å². The van der Waals surface area contributed by atoms with E-state index >= 15 is 0 Å². The van der Waals surface area contributed by atoms with Gasteiger partial charge in [0, 0.05) is 23.2 Å². The molecule has 1 atom stereocenters. The summed E-state index contributed by atoms with van der Waals surface area (Å²) in [4.78, 5) is 28.1. The quantitative estimate of drug-likeness (QED) is 0.623. The van der Waals surface area contributed by atoms with E-state index in [1.165, 1.54) is 25.1 Å². The third-order valence-corrected chi connectivity index (χ3v) is 5.67. The maximum absolute atomic E-state index is 13.1. The second-order valence-corrected chi connectivity index (χ2v) is 8.14. The van der Waals surface area contributed by atoms with Gasteiger partial charge in [-0.25, -0.2) is 4.68 Å². The molecule has 3 rings (SSSR count). The van der Waals surface area contributed by atoms with E-state index < -0.39 is 23.1 Å². The zero-order valence-electron chi connectivity index (χ0n) is 17.1. The van der Waals surface area contributed by atoms with Gasteiger partial charge in [0.1, 0.15) is 0 Å².